The van der Waals surface area contributed by atoms with Crippen molar-refractivity contribution >= 4 is 0 Å². The number of hydrogen-bond donors (Lipinski definition) is 3. The molecule has 2 atom stereocenters. The molecule has 0 spiro atoms. The Morgan fingerprint density at radius 3 is 1.34 bits per heavy atom. The second-order valence-electron chi connectivity index (χ2n) is 8.82. The van der Waals surface area contributed by atoms with E-state index >= 15 is 0 Å². The van der Waals surface area contributed by atoms with Gasteiger partial charge in [-0.3, -0.25) is 0 Å². The summed E-state index contributed by atoms with van der Waals surface area (Å²) >= 11 is 0. The van der Waals surface area contributed by atoms with Crippen LogP contribution < -0.4 is 0 Å². The minimum absolute atomic E-state index is 0. The standard InChI is InChI=1S/C12H18O2.2C11H8N.CH4O.Ir/c1-9(13)12(10(2)14)8-11-6-4-3-5-7-11;2*1-2-6-10(7-3-1)11-8-4-5-9-12-11;1-2;/h3-7,9-10,12-14H,8H2,1-2H3;2*1-6,8-9H;2H,1H3;/q;2*-1;;. The van der Waals surface area contributed by atoms with Gasteiger partial charge >= 0.3 is 0 Å². The average molecular weight is 727 g/mol. The fraction of sp³-hybridized carbons (Fsp3) is 0.200. The number of rotatable bonds is 6. The molecule has 2 heterocycles. The molecule has 0 saturated carbocycles. The number of nitrogens with zero attached hydrogens (tertiary/aromatic N) is 2. The largest absolute Gasteiger partial charge is 0.400 e. The zero-order chi connectivity index (χ0) is 29.0. The van der Waals surface area contributed by atoms with E-state index < -0.39 is 12.2 Å². The minimum Gasteiger partial charge on any atom is -0.400 e. The van der Waals surface area contributed by atoms with Gasteiger partial charge in [0.2, 0.25) is 0 Å². The molecule has 0 aliphatic heterocycles. The normalized spacial score (nSPS) is 11.8. The van der Waals surface area contributed by atoms with Gasteiger partial charge in [-0.05, 0) is 49.4 Å². The maximum atomic E-state index is 9.48. The van der Waals surface area contributed by atoms with Crippen molar-refractivity contribution in [3.63, 3.8) is 0 Å². The molecule has 0 aliphatic rings. The van der Waals surface area contributed by atoms with Gasteiger partial charge in [-0.25, -0.2) is 0 Å². The predicted molar refractivity (Wildman–Crippen MR) is 162 cm³/mol. The van der Waals surface area contributed by atoms with E-state index in [1.165, 1.54) is 0 Å². The van der Waals surface area contributed by atoms with Crippen LogP contribution in [-0.2, 0) is 26.5 Å². The van der Waals surface area contributed by atoms with Crippen LogP contribution in [0.15, 0.2) is 128 Å². The SMILES string of the molecule is CC(O)C(Cc1ccccc1)C(C)O.CO.[Ir].[c-]1ccccc1-c1ccccn1.[c-]1ccccc1-c1ccccn1. The first-order valence-corrected chi connectivity index (χ1v) is 13.2. The van der Waals surface area contributed by atoms with Gasteiger partial charge in [0.25, 0.3) is 0 Å². The van der Waals surface area contributed by atoms with Crippen molar-refractivity contribution in [2.75, 3.05) is 7.11 Å². The van der Waals surface area contributed by atoms with E-state index in [-0.39, 0.29) is 26.0 Å². The minimum atomic E-state index is -0.477. The van der Waals surface area contributed by atoms with Crippen molar-refractivity contribution in [3.05, 3.63) is 145 Å². The van der Waals surface area contributed by atoms with E-state index in [1.54, 1.807) is 26.2 Å². The Bertz CT molecular complexity index is 1120. The number of pyridine rings is 2. The quantitative estimate of drug-likeness (QED) is 0.179. The fourth-order valence-electron chi connectivity index (χ4n) is 3.78. The Morgan fingerprint density at radius 2 is 1.00 bits per heavy atom. The second-order valence-corrected chi connectivity index (χ2v) is 8.82. The van der Waals surface area contributed by atoms with Crippen molar-refractivity contribution in [2.45, 2.75) is 32.5 Å². The molecule has 3 N–H and O–H groups in total. The Labute approximate surface area is 258 Å². The van der Waals surface area contributed by atoms with Gasteiger partial charge in [0.15, 0.2) is 0 Å². The molecule has 2 unspecified atom stereocenters. The van der Waals surface area contributed by atoms with E-state index in [9.17, 15) is 10.2 Å². The van der Waals surface area contributed by atoms with E-state index in [2.05, 4.69) is 22.1 Å². The van der Waals surface area contributed by atoms with Crippen LogP contribution in [0.5, 0.6) is 0 Å². The van der Waals surface area contributed by atoms with Crippen LogP contribution in [0.25, 0.3) is 22.5 Å². The van der Waals surface area contributed by atoms with Gasteiger partial charge in [-0.15, -0.1) is 71.8 Å². The molecule has 0 fully saturated rings. The summed E-state index contributed by atoms with van der Waals surface area (Å²) in [6, 6.07) is 43.6. The van der Waals surface area contributed by atoms with Gasteiger partial charge in [0.05, 0.1) is 12.2 Å². The summed E-state index contributed by atoms with van der Waals surface area (Å²) in [4.78, 5) is 8.44. The van der Waals surface area contributed by atoms with E-state index in [1.807, 2.05) is 115 Å². The van der Waals surface area contributed by atoms with Crippen LogP contribution in [0.4, 0.5) is 0 Å². The smallest absolute Gasteiger partial charge is 0.0568 e. The Kier molecular flexibility index (Phi) is 18.4. The van der Waals surface area contributed by atoms with Crippen LogP contribution in [0, 0.1) is 18.1 Å². The van der Waals surface area contributed by atoms with Gasteiger partial charge in [-0.2, -0.15) is 0 Å². The van der Waals surface area contributed by atoms with Crippen LogP contribution in [-0.4, -0.2) is 44.6 Å². The number of benzene rings is 3. The Balaban J connectivity index is 0.000000295. The first kappa shape index (κ1) is 35.5. The molecule has 41 heavy (non-hydrogen) atoms. The van der Waals surface area contributed by atoms with Crippen LogP contribution >= 0.6 is 0 Å². The molecule has 0 bridgehead atoms. The number of aliphatic hydroxyl groups excluding tert-OH is 3. The fourth-order valence-corrected chi connectivity index (χ4v) is 3.78. The van der Waals surface area contributed by atoms with Crippen molar-refractivity contribution in [3.8, 4) is 22.5 Å². The Hall–Kier alpha value is -3.51. The molecule has 5 aromatic rings. The number of hydrogen-bond acceptors (Lipinski definition) is 5. The molecule has 5 nitrogen and oxygen atoms in total. The van der Waals surface area contributed by atoms with Crippen molar-refractivity contribution in [2.24, 2.45) is 5.92 Å². The summed E-state index contributed by atoms with van der Waals surface area (Å²) < 4.78 is 0. The van der Waals surface area contributed by atoms with Crippen molar-refractivity contribution in [1.82, 2.24) is 9.97 Å². The van der Waals surface area contributed by atoms with E-state index in [0.717, 1.165) is 41.6 Å². The van der Waals surface area contributed by atoms with Gasteiger partial charge in [-0.1, -0.05) is 54.6 Å². The zero-order valence-corrected chi connectivity index (χ0v) is 26.0. The first-order chi connectivity index (χ1) is 19.5. The van der Waals surface area contributed by atoms with E-state index in [4.69, 9.17) is 5.11 Å². The summed E-state index contributed by atoms with van der Waals surface area (Å²) in [6.45, 7) is 3.45. The molecule has 0 saturated heterocycles. The van der Waals surface area contributed by atoms with Gasteiger partial charge in [0.1, 0.15) is 0 Å². The van der Waals surface area contributed by atoms with Crippen LogP contribution in [0.1, 0.15) is 19.4 Å². The van der Waals surface area contributed by atoms with Crippen LogP contribution in [0.2, 0.25) is 0 Å². The molecule has 5 rings (SSSR count). The average Bonchev–Trinajstić information content (AvgIpc) is 3.03. The van der Waals surface area contributed by atoms with Gasteiger partial charge < -0.3 is 25.3 Å². The molecular weight excluding hydrogens is 689 g/mol. The summed E-state index contributed by atoms with van der Waals surface area (Å²) in [5.74, 6) is -0.0857. The monoisotopic (exact) mass is 727 g/mol. The Morgan fingerprint density at radius 1 is 0.585 bits per heavy atom. The summed E-state index contributed by atoms with van der Waals surface area (Å²) in [5.41, 5.74) is 5.17. The third kappa shape index (κ3) is 13.6. The maximum Gasteiger partial charge on any atom is 0.0568 e. The molecule has 217 valence electrons. The summed E-state index contributed by atoms with van der Waals surface area (Å²) in [6.07, 6.45) is 3.34. The summed E-state index contributed by atoms with van der Waals surface area (Å²) in [7, 11) is 1.00. The zero-order valence-electron chi connectivity index (χ0n) is 23.6. The molecule has 0 aliphatic carbocycles. The molecule has 3 aromatic carbocycles. The second kappa shape index (κ2) is 21.3. The topological polar surface area (TPSA) is 86.5 Å². The third-order valence-electron chi connectivity index (χ3n) is 5.85. The van der Waals surface area contributed by atoms with E-state index in [0.29, 0.717) is 0 Å². The predicted octanol–water partition coefficient (Wildman–Crippen LogP) is 6.31. The molecular formula is C35H38IrN2O3-2. The molecule has 1 radical (unpaired) electrons. The van der Waals surface area contributed by atoms with Crippen molar-refractivity contribution in [1.29, 1.82) is 0 Å². The number of aromatic nitrogens is 2. The molecule has 0 amide bonds. The van der Waals surface area contributed by atoms with Crippen molar-refractivity contribution < 1.29 is 35.4 Å². The third-order valence-corrected chi connectivity index (χ3v) is 5.85. The number of aliphatic hydroxyl groups is 3. The molecule has 2 aromatic heterocycles. The maximum absolute atomic E-state index is 9.48. The van der Waals surface area contributed by atoms with Crippen LogP contribution in [0.3, 0.4) is 0 Å². The first-order valence-electron chi connectivity index (χ1n) is 13.2. The van der Waals surface area contributed by atoms with Gasteiger partial charge in [0, 0.05) is 45.5 Å². The molecule has 6 heteroatoms. The summed E-state index contributed by atoms with van der Waals surface area (Å²) in [5, 5.41) is 26.0.